The van der Waals surface area contributed by atoms with Gasteiger partial charge in [-0.1, -0.05) is 0 Å². The fourth-order valence-corrected chi connectivity index (χ4v) is 0.789. The van der Waals surface area contributed by atoms with E-state index in [1.165, 1.54) is 0 Å². The molecule has 1 aromatic heterocycles. The second-order valence-electron chi connectivity index (χ2n) is 1.17. The van der Waals surface area contributed by atoms with Crippen molar-refractivity contribution in [2.24, 2.45) is 0 Å². The molecule has 40 valence electrons. The number of hydrogen-bond acceptors (Lipinski definition) is 2. The van der Waals surface area contributed by atoms with E-state index >= 15 is 0 Å². The normalized spacial score (nSPS) is 9.00. The summed E-state index contributed by atoms with van der Waals surface area (Å²) in [4.78, 5) is 7.86. The maximum absolute atomic E-state index is 3.93. The van der Waals surface area contributed by atoms with E-state index in [1.807, 2.05) is 0 Å². The van der Waals surface area contributed by atoms with Crippen LogP contribution in [0.15, 0.2) is 12.4 Å². The fourth-order valence-electron chi connectivity index (χ4n) is 0.312. The van der Waals surface area contributed by atoms with Crippen LogP contribution in [0, 0.1) is 0 Å². The standard InChI is InChI=1S/C4H2N2Se2/c7-3-4(8)6-2-1-5-3/h1-2H. The molecule has 8 heavy (non-hydrogen) atoms. The quantitative estimate of drug-likeness (QED) is 0.490. The first kappa shape index (κ1) is 6.24. The summed E-state index contributed by atoms with van der Waals surface area (Å²) >= 11 is 5.53. The van der Waals surface area contributed by atoms with Gasteiger partial charge < -0.3 is 0 Å². The van der Waals surface area contributed by atoms with Crippen molar-refractivity contribution >= 4 is 41.2 Å². The molecule has 0 saturated heterocycles. The Morgan fingerprint density at radius 2 is 1.38 bits per heavy atom. The molecule has 0 aromatic carbocycles. The van der Waals surface area contributed by atoms with Gasteiger partial charge in [0.1, 0.15) is 0 Å². The molecule has 0 fully saturated rings. The van der Waals surface area contributed by atoms with Crippen LogP contribution in [0.1, 0.15) is 0 Å². The Bertz CT molecular complexity index is 168. The van der Waals surface area contributed by atoms with Crippen LogP contribution in [0.25, 0.3) is 0 Å². The van der Waals surface area contributed by atoms with Gasteiger partial charge in [0.05, 0.1) is 0 Å². The SMILES string of the molecule is [Se]c1nccnc1[Se]. The maximum atomic E-state index is 3.93. The molecule has 1 heterocycles. The van der Waals surface area contributed by atoms with Crippen molar-refractivity contribution in [3.63, 3.8) is 0 Å². The summed E-state index contributed by atoms with van der Waals surface area (Å²) in [7, 11) is 0. The zero-order chi connectivity index (χ0) is 5.98. The molecule has 1 rings (SSSR count). The molecule has 0 amide bonds. The molecular formula is C4H2N2Se2. The first-order valence-electron chi connectivity index (χ1n) is 1.96. The Balaban J connectivity index is 3.13. The summed E-state index contributed by atoms with van der Waals surface area (Å²) < 4.78 is 1.65. The van der Waals surface area contributed by atoms with Gasteiger partial charge >= 0.3 is 63.6 Å². The average molecular weight is 236 g/mol. The molecule has 0 atom stereocenters. The molecule has 4 heteroatoms. The van der Waals surface area contributed by atoms with Gasteiger partial charge in [0.15, 0.2) is 0 Å². The number of aromatic nitrogens is 2. The number of nitrogens with zero attached hydrogens (tertiary/aromatic N) is 2. The van der Waals surface area contributed by atoms with Crippen molar-refractivity contribution in [2.75, 3.05) is 0 Å². The van der Waals surface area contributed by atoms with Crippen molar-refractivity contribution in [3.8, 4) is 0 Å². The van der Waals surface area contributed by atoms with Crippen LogP contribution >= 0.6 is 0 Å². The van der Waals surface area contributed by atoms with E-state index in [9.17, 15) is 0 Å². The third-order valence-electron chi connectivity index (χ3n) is 0.633. The van der Waals surface area contributed by atoms with Crippen LogP contribution in [-0.2, 0) is 0 Å². The molecule has 0 aliphatic heterocycles. The van der Waals surface area contributed by atoms with Crippen molar-refractivity contribution in [3.05, 3.63) is 12.4 Å². The Morgan fingerprint density at radius 1 is 1.00 bits per heavy atom. The van der Waals surface area contributed by atoms with Gasteiger partial charge in [-0.15, -0.1) is 0 Å². The van der Waals surface area contributed by atoms with Crippen LogP contribution in [0.3, 0.4) is 0 Å². The predicted molar refractivity (Wildman–Crippen MR) is 32.8 cm³/mol. The fraction of sp³-hybridized carbons (Fsp3) is 0. The average Bonchev–Trinajstić information content (AvgIpc) is 1.77. The van der Waals surface area contributed by atoms with Crippen LogP contribution in [0.5, 0.6) is 0 Å². The van der Waals surface area contributed by atoms with Gasteiger partial charge in [0.2, 0.25) is 0 Å². The molecule has 1 aromatic rings. The molecule has 2 nitrogen and oxygen atoms in total. The second-order valence-corrected chi connectivity index (χ2v) is 2.79. The second kappa shape index (κ2) is 2.60. The summed E-state index contributed by atoms with van der Waals surface area (Å²) in [6, 6.07) is 0. The van der Waals surface area contributed by atoms with Gasteiger partial charge in [-0.2, -0.15) is 0 Å². The third kappa shape index (κ3) is 1.30. The van der Waals surface area contributed by atoms with Gasteiger partial charge in [0.25, 0.3) is 0 Å². The van der Waals surface area contributed by atoms with Crippen LogP contribution in [-0.4, -0.2) is 42.0 Å². The van der Waals surface area contributed by atoms with Crippen LogP contribution in [0.4, 0.5) is 0 Å². The molecule has 0 unspecified atom stereocenters. The van der Waals surface area contributed by atoms with E-state index in [1.54, 1.807) is 12.4 Å². The number of hydrogen-bond donors (Lipinski definition) is 0. The molecule has 2 radical (unpaired) electrons. The molecular weight excluding hydrogens is 234 g/mol. The minimum absolute atomic E-state index is 0.826. The van der Waals surface area contributed by atoms with E-state index in [2.05, 4.69) is 42.0 Å². The van der Waals surface area contributed by atoms with E-state index in [-0.39, 0.29) is 0 Å². The molecule has 0 aliphatic rings. The van der Waals surface area contributed by atoms with Gasteiger partial charge in [0, 0.05) is 0 Å². The topological polar surface area (TPSA) is 25.8 Å². The summed E-state index contributed by atoms with van der Waals surface area (Å²) in [6.07, 6.45) is 3.29. The van der Waals surface area contributed by atoms with Gasteiger partial charge in [-0.25, -0.2) is 0 Å². The molecule has 0 aliphatic carbocycles. The third-order valence-corrected chi connectivity index (χ3v) is 2.54. The monoisotopic (exact) mass is 238 g/mol. The van der Waals surface area contributed by atoms with E-state index in [0.717, 1.165) is 9.18 Å². The molecule has 0 saturated carbocycles. The predicted octanol–water partition coefficient (Wildman–Crippen LogP) is -1.94. The minimum atomic E-state index is 0.826. The Kier molecular flexibility index (Phi) is 2.03. The molecule has 0 bridgehead atoms. The van der Waals surface area contributed by atoms with E-state index in [4.69, 9.17) is 0 Å². The van der Waals surface area contributed by atoms with Crippen molar-refractivity contribution < 1.29 is 0 Å². The first-order chi connectivity index (χ1) is 3.80. The van der Waals surface area contributed by atoms with Crippen LogP contribution < -0.4 is 9.18 Å². The Morgan fingerprint density at radius 3 is 1.62 bits per heavy atom. The zero-order valence-corrected chi connectivity index (χ0v) is 7.29. The summed E-state index contributed by atoms with van der Waals surface area (Å²) in [5.41, 5.74) is 0. The van der Waals surface area contributed by atoms with Gasteiger partial charge in [-0.05, 0) is 0 Å². The molecule has 0 spiro atoms. The van der Waals surface area contributed by atoms with E-state index < -0.39 is 0 Å². The Hall–Kier alpha value is 0.119. The molecule has 0 N–H and O–H groups in total. The summed E-state index contributed by atoms with van der Waals surface area (Å²) in [6.45, 7) is 0. The first-order valence-corrected chi connectivity index (χ1v) is 3.67. The number of rotatable bonds is 0. The van der Waals surface area contributed by atoms with Crippen molar-refractivity contribution in [2.45, 2.75) is 0 Å². The van der Waals surface area contributed by atoms with Crippen molar-refractivity contribution in [1.29, 1.82) is 0 Å². The van der Waals surface area contributed by atoms with Crippen LogP contribution in [0.2, 0.25) is 0 Å². The summed E-state index contributed by atoms with van der Waals surface area (Å²) in [5.74, 6) is 0. The zero-order valence-electron chi connectivity index (χ0n) is 3.87. The van der Waals surface area contributed by atoms with Gasteiger partial charge in [-0.3, -0.25) is 0 Å². The summed E-state index contributed by atoms with van der Waals surface area (Å²) in [5, 5.41) is 0. The van der Waals surface area contributed by atoms with E-state index in [0.29, 0.717) is 0 Å². The Labute approximate surface area is 63.7 Å². The van der Waals surface area contributed by atoms with Crippen molar-refractivity contribution in [1.82, 2.24) is 9.97 Å².